The molecule has 1 unspecified atom stereocenters. The van der Waals surface area contributed by atoms with Gasteiger partial charge < -0.3 is 15.2 Å². The van der Waals surface area contributed by atoms with Crippen LogP contribution in [0.1, 0.15) is 29.5 Å². The first-order chi connectivity index (χ1) is 11.1. The molecule has 1 atom stereocenters. The van der Waals surface area contributed by atoms with E-state index in [-0.39, 0.29) is 5.92 Å². The van der Waals surface area contributed by atoms with Gasteiger partial charge in [-0.25, -0.2) is 0 Å². The topological polar surface area (TPSA) is 44.5 Å². The molecule has 2 aromatic carbocycles. The number of hydrogen-bond acceptors (Lipinski definition) is 3. The Morgan fingerprint density at radius 1 is 1.13 bits per heavy atom. The molecule has 2 aromatic rings. The molecule has 0 bridgehead atoms. The predicted octanol–water partition coefficient (Wildman–Crippen LogP) is 4.34. The number of aryl methyl sites for hydroxylation is 1. The van der Waals surface area contributed by atoms with Crippen molar-refractivity contribution in [2.45, 2.75) is 26.2 Å². The standard InChI is InChI=1S/C19H24ClNO2/c1-4-23-18-7-5-14(9-13(18)2)16(12-21)10-15-11-17(20)6-8-19(15)22-3/h5-9,11,16H,4,10,12,21H2,1-3H3. The second kappa shape index (κ2) is 8.23. The Kier molecular flexibility index (Phi) is 6.31. The quantitative estimate of drug-likeness (QED) is 0.819. The lowest BCUT2D eigenvalue weighted by Gasteiger charge is -2.19. The third-order valence-corrected chi connectivity index (χ3v) is 4.20. The summed E-state index contributed by atoms with van der Waals surface area (Å²) in [5.41, 5.74) is 9.43. The molecule has 23 heavy (non-hydrogen) atoms. The smallest absolute Gasteiger partial charge is 0.122 e. The Hall–Kier alpha value is -1.71. The molecule has 0 aromatic heterocycles. The molecular weight excluding hydrogens is 310 g/mol. The van der Waals surface area contributed by atoms with Crippen LogP contribution in [0.5, 0.6) is 11.5 Å². The molecule has 0 aliphatic heterocycles. The number of benzene rings is 2. The number of nitrogens with two attached hydrogens (primary N) is 1. The Morgan fingerprint density at radius 2 is 1.87 bits per heavy atom. The van der Waals surface area contributed by atoms with E-state index < -0.39 is 0 Å². The Labute approximate surface area is 143 Å². The lowest BCUT2D eigenvalue weighted by molar-refractivity contribution is 0.337. The SMILES string of the molecule is CCOc1ccc(C(CN)Cc2cc(Cl)ccc2OC)cc1C. The maximum Gasteiger partial charge on any atom is 0.122 e. The monoisotopic (exact) mass is 333 g/mol. The fourth-order valence-electron chi connectivity index (χ4n) is 2.75. The van der Waals surface area contributed by atoms with Crippen molar-refractivity contribution in [3.63, 3.8) is 0 Å². The molecule has 124 valence electrons. The van der Waals surface area contributed by atoms with E-state index in [4.69, 9.17) is 26.8 Å². The van der Waals surface area contributed by atoms with E-state index in [0.29, 0.717) is 18.2 Å². The summed E-state index contributed by atoms with van der Waals surface area (Å²) in [4.78, 5) is 0. The summed E-state index contributed by atoms with van der Waals surface area (Å²) in [6.45, 7) is 5.27. The number of hydrogen-bond donors (Lipinski definition) is 1. The van der Waals surface area contributed by atoms with Crippen LogP contribution in [0.2, 0.25) is 5.02 Å². The van der Waals surface area contributed by atoms with Gasteiger partial charge in [0.2, 0.25) is 0 Å². The summed E-state index contributed by atoms with van der Waals surface area (Å²) in [5, 5.41) is 0.708. The van der Waals surface area contributed by atoms with Gasteiger partial charge in [0.05, 0.1) is 13.7 Å². The number of rotatable bonds is 7. The molecule has 0 fully saturated rings. The van der Waals surface area contributed by atoms with Gasteiger partial charge in [-0.3, -0.25) is 0 Å². The lowest BCUT2D eigenvalue weighted by Crippen LogP contribution is -2.15. The Bertz CT molecular complexity index is 658. The van der Waals surface area contributed by atoms with Crippen molar-refractivity contribution in [3.05, 3.63) is 58.1 Å². The first kappa shape index (κ1) is 17.6. The van der Waals surface area contributed by atoms with Gasteiger partial charge in [0.1, 0.15) is 11.5 Å². The zero-order valence-electron chi connectivity index (χ0n) is 13.9. The van der Waals surface area contributed by atoms with Crippen LogP contribution in [0, 0.1) is 6.92 Å². The molecule has 0 saturated heterocycles. The molecular formula is C19H24ClNO2. The second-order valence-electron chi connectivity index (χ2n) is 5.55. The van der Waals surface area contributed by atoms with Crippen LogP contribution in [0.4, 0.5) is 0 Å². The van der Waals surface area contributed by atoms with Crippen LogP contribution in [0.15, 0.2) is 36.4 Å². The molecule has 2 N–H and O–H groups in total. The molecule has 0 saturated carbocycles. The number of methoxy groups -OCH3 is 1. The molecule has 0 radical (unpaired) electrons. The fraction of sp³-hybridized carbons (Fsp3) is 0.368. The zero-order valence-corrected chi connectivity index (χ0v) is 14.7. The predicted molar refractivity (Wildman–Crippen MR) is 95.9 cm³/mol. The normalized spacial score (nSPS) is 12.0. The van der Waals surface area contributed by atoms with E-state index in [1.807, 2.05) is 31.2 Å². The van der Waals surface area contributed by atoms with Crippen LogP contribution in [-0.4, -0.2) is 20.3 Å². The molecule has 0 aliphatic carbocycles. The minimum absolute atomic E-state index is 0.205. The zero-order chi connectivity index (χ0) is 16.8. The van der Waals surface area contributed by atoms with E-state index in [2.05, 4.69) is 19.1 Å². The maximum atomic E-state index is 6.12. The van der Waals surface area contributed by atoms with Crippen LogP contribution in [0.3, 0.4) is 0 Å². The second-order valence-corrected chi connectivity index (χ2v) is 5.99. The van der Waals surface area contributed by atoms with Crippen molar-refractivity contribution >= 4 is 11.6 Å². The molecule has 0 heterocycles. The van der Waals surface area contributed by atoms with Crippen molar-refractivity contribution < 1.29 is 9.47 Å². The van der Waals surface area contributed by atoms with Gasteiger partial charge >= 0.3 is 0 Å². The van der Waals surface area contributed by atoms with Crippen LogP contribution >= 0.6 is 11.6 Å². The highest BCUT2D eigenvalue weighted by molar-refractivity contribution is 6.30. The van der Waals surface area contributed by atoms with Crippen LogP contribution in [-0.2, 0) is 6.42 Å². The summed E-state index contributed by atoms with van der Waals surface area (Å²) < 4.78 is 11.0. The van der Waals surface area contributed by atoms with Crippen molar-refractivity contribution in [3.8, 4) is 11.5 Å². The highest BCUT2D eigenvalue weighted by Gasteiger charge is 2.15. The van der Waals surface area contributed by atoms with E-state index in [9.17, 15) is 0 Å². The minimum atomic E-state index is 0.205. The molecule has 2 rings (SSSR count). The molecule has 0 aliphatic rings. The van der Waals surface area contributed by atoms with Crippen molar-refractivity contribution in [2.75, 3.05) is 20.3 Å². The molecule has 0 spiro atoms. The van der Waals surface area contributed by atoms with E-state index >= 15 is 0 Å². The average molecular weight is 334 g/mol. The van der Waals surface area contributed by atoms with Crippen molar-refractivity contribution in [1.29, 1.82) is 0 Å². The number of halogens is 1. The molecule has 4 heteroatoms. The van der Waals surface area contributed by atoms with Gasteiger partial charge in [-0.15, -0.1) is 0 Å². The summed E-state index contributed by atoms with van der Waals surface area (Å²) in [5.74, 6) is 1.97. The average Bonchev–Trinajstić information content (AvgIpc) is 2.55. The molecule has 3 nitrogen and oxygen atoms in total. The van der Waals surface area contributed by atoms with Gasteiger partial charge in [0, 0.05) is 10.9 Å². The fourth-order valence-corrected chi connectivity index (χ4v) is 2.95. The third kappa shape index (κ3) is 4.40. The lowest BCUT2D eigenvalue weighted by atomic mass is 9.90. The Morgan fingerprint density at radius 3 is 2.48 bits per heavy atom. The number of ether oxygens (including phenoxy) is 2. The minimum Gasteiger partial charge on any atom is -0.496 e. The van der Waals surface area contributed by atoms with E-state index in [0.717, 1.165) is 29.0 Å². The van der Waals surface area contributed by atoms with Gasteiger partial charge in [-0.05, 0) is 67.8 Å². The first-order valence-corrected chi connectivity index (χ1v) is 8.22. The summed E-state index contributed by atoms with van der Waals surface area (Å²) >= 11 is 6.12. The van der Waals surface area contributed by atoms with Gasteiger partial charge in [0.25, 0.3) is 0 Å². The van der Waals surface area contributed by atoms with Gasteiger partial charge in [-0.2, -0.15) is 0 Å². The largest absolute Gasteiger partial charge is 0.496 e. The van der Waals surface area contributed by atoms with Crippen molar-refractivity contribution in [1.82, 2.24) is 0 Å². The van der Waals surface area contributed by atoms with Gasteiger partial charge in [-0.1, -0.05) is 23.7 Å². The third-order valence-electron chi connectivity index (χ3n) is 3.96. The first-order valence-electron chi connectivity index (χ1n) is 7.84. The summed E-state index contributed by atoms with van der Waals surface area (Å²) in [6, 6.07) is 11.9. The highest BCUT2D eigenvalue weighted by Crippen LogP contribution is 2.30. The van der Waals surface area contributed by atoms with Crippen LogP contribution < -0.4 is 15.2 Å². The maximum absolute atomic E-state index is 6.12. The highest BCUT2D eigenvalue weighted by atomic mass is 35.5. The van der Waals surface area contributed by atoms with Crippen LogP contribution in [0.25, 0.3) is 0 Å². The molecule has 0 amide bonds. The summed E-state index contributed by atoms with van der Waals surface area (Å²) in [7, 11) is 1.67. The Balaban J connectivity index is 2.27. The van der Waals surface area contributed by atoms with E-state index in [1.54, 1.807) is 7.11 Å². The van der Waals surface area contributed by atoms with Gasteiger partial charge in [0.15, 0.2) is 0 Å². The summed E-state index contributed by atoms with van der Waals surface area (Å²) in [6.07, 6.45) is 0.785. The van der Waals surface area contributed by atoms with Crippen molar-refractivity contribution in [2.24, 2.45) is 5.73 Å². The van der Waals surface area contributed by atoms with E-state index in [1.165, 1.54) is 5.56 Å².